The maximum Gasteiger partial charge on any atom is 0.257 e. The van der Waals surface area contributed by atoms with E-state index in [1.807, 2.05) is 18.2 Å². The highest BCUT2D eigenvalue weighted by atomic mass is 16.3. The molecule has 3 N–H and O–H groups in total. The Bertz CT molecular complexity index is 1190. The van der Waals surface area contributed by atoms with Crippen LogP contribution in [0.1, 0.15) is 40.4 Å². The summed E-state index contributed by atoms with van der Waals surface area (Å²) in [7, 11) is 3.17. The molecule has 0 bridgehead atoms. The number of aryl methyl sites for hydroxylation is 1. The number of phenols is 1. The van der Waals surface area contributed by atoms with Crippen LogP contribution in [0, 0.1) is 0 Å². The summed E-state index contributed by atoms with van der Waals surface area (Å²) in [5.41, 5.74) is 1.76. The lowest BCUT2D eigenvalue weighted by atomic mass is 9.87. The van der Waals surface area contributed by atoms with Gasteiger partial charge < -0.3 is 20.6 Å². The summed E-state index contributed by atoms with van der Waals surface area (Å²) in [5, 5.41) is 16.6. The summed E-state index contributed by atoms with van der Waals surface area (Å²) in [6, 6.07) is 12.7. The number of amides is 1. The number of hydrogen-bond acceptors (Lipinski definition) is 6. The number of anilines is 3. The average Bonchev–Trinajstić information content (AvgIpc) is 2.76. The highest BCUT2D eigenvalue weighted by molar-refractivity contribution is 5.99. The van der Waals surface area contributed by atoms with Gasteiger partial charge in [0.05, 0.1) is 17.3 Å². The second-order valence-electron chi connectivity index (χ2n) is 7.72. The molecule has 1 aliphatic rings. The van der Waals surface area contributed by atoms with E-state index in [0.29, 0.717) is 0 Å². The van der Waals surface area contributed by atoms with E-state index < -0.39 is 10.9 Å². The number of hydrogen-bond donors (Lipinski definition) is 3. The molecule has 0 aliphatic heterocycles. The second-order valence-corrected chi connectivity index (χ2v) is 7.72. The van der Waals surface area contributed by atoms with Crippen LogP contribution in [0.15, 0.2) is 52.1 Å². The van der Waals surface area contributed by atoms with E-state index in [4.69, 9.17) is 0 Å². The molecule has 30 heavy (non-hydrogen) atoms. The molecule has 7 nitrogen and oxygen atoms in total. The number of carbonyl (C=O) groups is 1. The Hall–Kier alpha value is -3.61. The maximum atomic E-state index is 12.3. The van der Waals surface area contributed by atoms with Gasteiger partial charge in [0, 0.05) is 14.1 Å². The Kier molecular flexibility index (Phi) is 5.03. The molecule has 7 heteroatoms. The molecular weight excluding hydrogens is 382 g/mol. The van der Waals surface area contributed by atoms with Crippen LogP contribution in [0.25, 0.3) is 0 Å². The van der Waals surface area contributed by atoms with E-state index in [-0.39, 0.29) is 40.3 Å². The number of para-hydroxylation sites is 1. The van der Waals surface area contributed by atoms with Gasteiger partial charge in [-0.1, -0.05) is 30.3 Å². The van der Waals surface area contributed by atoms with E-state index in [1.54, 1.807) is 26.2 Å². The van der Waals surface area contributed by atoms with Crippen LogP contribution < -0.4 is 21.5 Å². The molecular formula is C23H23N3O4. The Morgan fingerprint density at radius 2 is 1.77 bits per heavy atom. The van der Waals surface area contributed by atoms with Gasteiger partial charge >= 0.3 is 0 Å². The summed E-state index contributed by atoms with van der Waals surface area (Å²) >= 11 is 0. The summed E-state index contributed by atoms with van der Waals surface area (Å²) < 4.78 is 0. The molecule has 0 radical (unpaired) electrons. The number of fused-ring (bicyclic) bond motifs is 1. The molecule has 3 aromatic rings. The molecule has 0 heterocycles. The van der Waals surface area contributed by atoms with Crippen molar-refractivity contribution in [1.29, 1.82) is 0 Å². The van der Waals surface area contributed by atoms with E-state index in [2.05, 4.69) is 16.7 Å². The van der Waals surface area contributed by atoms with Gasteiger partial charge in [0.1, 0.15) is 11.4 Å². The Morgan fingerprint density at radius 1 is 1.03 bits per heavy atom. The number of nitrogens with one attached hydrogen (secondary N) is 2. The van der Waals surface area contributed by atoms with Crippen molar-refractivity contribution in [3.05, 3.63) is 79.6 Å². The fraction of sp³-hybridized carbons (Fsp3) is 0.261. The molecule has 1 amide bonds. The Labute approximate surface area is 173 Å². The smallest absolute Gasteiger partial charge is 0.257 e. The van der Waals surface area contributed by atoms with Crippen LogP contribution in [0.3, 0.4) is 0 Å². The SMILES string of the molecule is CN(C)C(=O)c1cccc(Nc2c(NC3CCCc4ccccc43)c(=O)c2=O)c1O. The van der Waals surface area contributed by atoms with Gasteiger partial charge in [0.2, 0.25) is 0 Å². The molecule has 0 saturated carbocycles. The first kappa shape index (κ1) is 19.7. The zero-order chi connectivity index (χ0) is 21.4. The van der Waals surface area contributed by atoms with E-state index in [1.165, 1.54) is 16.5 Å². The summed E-state index contributed by atoms with van der Waals surface area (Å²) in [6.45, 7) is 0. The predicted molar refractivity (Wildman–Crippen MR) is 117 cm³/mol. The lowest BCUT2D eigenvalue weighted by Gasteiger charge is -2.28. The van der Waals surface area contributed by atoms with Crippen LogP contribution in [0.5, 0.6) is 5.75 Å². The van der Waals surface area contributed by atoms with Gasteiger partial charge in [0.25, 0.3) is 16.8 Å². The van der Waals surface area contributed by atoms with Crippen molar-refractivity contribution in [2.45, 2.75) is 25.3 Å². The molecule has 154 valence electrons. The zero-order valence-corrected chi connectivity index (χ0v) is 16.9. The molecule has 0 spiro atoms. The zero-order valence-electron chi connectivity index (χ0n) is 16.9. The number of phenolic OH excluding ortho intramolecular Hbond substituents is 1. The number of carbonyl (C=O) groups excluding carboxylic acids is 1. The lowest BCUT2D eigenvalue weighted by molar-refractivity contribution is 0.0824. The fourth-order valence-electron chi connectivity index (χ4n) is 3.92. The monoisotopic (exact) mass is 405 g/mol. The highest BCUT2D eigenvalue weighted by Gasteiger charge is 2.27. The largest absolute Gasteiger partial charge is 0.505 e. The molecule has 0 aromatic heterocycles. The second kappa shape index (κ2) is 7.67. The van der Waals surface area contributed by atoms with Gasteiger partial charge in [-0.2, -0.15) is 0 Å². The number of benzene rings is 2. The van der Waals surface area contributed by atoms with E-state index in [0.717, 1.165) is 24.8 Å². The van der Waals surface area contributed by atoms with E-state index >= 15 is 0 Å². The topological polar surface area (TPSA) is 98.7 Å². The predicted octanol–water partition coefficient (Wildman–Crippen LogP) is 2.92. The number of aromatic hydroxyl groups is 1. The van der Waals surface area contributed by atoms with Gasteiger partial charge in [-0.15, -0.1) is 0 Å². The third-order valence-corrected chi connectivity index (χ3v) is 5.53. The minimum atomic E-state index is -0.648. The third-order valence-electron chi connectivity index (χ3n) is 5.53. The van der Waals surface area contributed by atoms with Crippen molar-refractivity contribution in [2.75, 3.05) is 24.7 Å². The van der Waals surface area contributed by atoms with Crippen LogP contribution in [0.4, 0.5) is 17.1 Å². The third kappa shape index (κ3) is 3.32. The van der Waals surface area contributed by atoms with Gasteiger partial charge in [-0.3, -0.25) is 14.4 Å². The first-order chi connectivity index (χ1) is 14.4. The van der Waals surface area contributed by atoms with Crippen molar-refractivity contribution in [1.82, 2.24) is 4.90 Å². The van der Waals surface area contributed by atoms with Gasteiger partial charge in [0.15, 0.2) is 5.75 Å². The van der Waals surface area contributed by atoms with Crippen LogP contribution >= 0.6 is 0 Å². The number of nitrogens with zero attached hydrogens (tertiary/aromatic N) is 1. The molecule has 1 unspecified atom stereocenters. The summed E-state index contributed by atoms with van der Waals surface area (Å²) in [6.07, 6.45) is 2.83. The van der Waals surface area contributed by atoms with Crippen molar-refractivity contribution < 1.29 is 9.90 Å². The van der Waals surface area contributed by atoms with Crippen molar-refractivity contribution >= 4 is 23.0 Å². The van der Waals surface area contributed by atoms with Crippen LogP contribution in [-0.4, -0.2) is 30.0 Å². The standard InChI is InChI=1S/C23H23N3O4/c1-26(2)23(30)15-10-6-12-17(20(15)27)25-19-18(21(28)22(19)29)24-16-11-5-8-13-7-3-4-9-14(13)16/h3-4,6-7,9-10,12,16,24-25,27H,5,8,11H2,1-2H3. The van der Waals surface area contributed by atoms with Crippen LogP contribution in [-0.2, 0) is 6.42 Å². The Morgan fingerprint density at radius 3 is 2.53 bits per heavy atom. The quantitative estimate of drug-likeness (QED) is 0.446. The minimum absolute atomic E-state index is 0.0611. The first-order valence-electron chi connectivity index (χ1n) is 9.86. The molecule has 1 atom stereocenters. The number of rotatable bonds is 5. The average molecular weight is 405 g/mol. The lowest BCUT2D eigenvalue weighted by Crippen LogP contribution is -2.38. The molecule has 1 aliphatic carbocycles. The molecule has 4 rings (SSSR count). The van der Waals surface area contributed by atoms with Crippen molar-refractivity contribution in [3.8, 4) is 5.75 Å². The highest BCUT2D eigenvalue weighted by Crippen LogP contribution is 2.35. The van der Waals surface area contributed by atoms with Crippen LogP contribution in [0.2, 0.25) is 0 Å². The molecule has 0 saturated heterocycles. The Balaban J connectivity index is 1.63. The summed E-state index contributed by atoms with van der Waals surface area (Å²) in [4.78, 5) is 38.1. The molecule has 3 aromatic carbocycles. The van der Waals surface area contributed by atoms with E-state index in [9.17, 15) is 19.5 Å². The van der Waals surface area contributed by atoms with Gasteiger partial charge in [-0.05, 0) is 42.5 Å². The first-order valence-corrected chi connectivity index (χ1v) is 9.86. The van der Waals surface area contributed by atoms with Gasteiger partial charge in [-0.25, -0.2) is 0 Å². The van der Waals surface area contributed by atoms with Crippen molar-refractivity contribution in [2.24, 2.45) is 0 Å². The minimum Gasteiger partial charge on any atom is -0.505 e. The summed E-state index contributed by atoms with van der Waals surface area (Å²) in [5.74, 6) is -0.628. The fourth-order valence-corrected chi connectivity index (χ4v) is 3.92. The normalized spacial score (nSPS) is 15.5. The maximum absolute atomic E-state index is 12.3. The molecule has 0 fully saturated rings. The van der Waals surface area contributed by atoms with Crippen molar-refractivity contribution in [3.63, 3.8) is 0 Å².